The number of rotatable bonds is 6. The number of carbonyl (C=O) groups is 2. The van der Waals surface area contributed by atoms with Crippen LogP contribution in [0.1, 0.15) is 11.1 Å². The molecule has 1 aliphatic heterocycles. The second-order valence-corrected chi connectivity index (χ2v) is 7.42. The van der Waals surface area contributed by atoms with Gasteiger partial charge in [-0.05, 0) is 60.7 Å². The molecule has 1 fully saturated rings. The second kappa shape index (κ2) is 8.58. The van der Waals surface area contributed by atoms with Crippen LogP contribution in [0.25, 0.3) is 6.08 Å². The smallest absolute Gasteiger partial charge is 0.295 e. The number of halogens is 1. The Kier molecular flexibility index (Phi) is 6.16. The summed E-state index contributed by atoms with van der Waals surface area (Å²) in [6.07, 6.45) is 1.63. The quantitative estimate of drug-likeness (QED) is 0.681. The zero-order valence-electron chi connectivity index (χ0n) is 15.6. The molecule has 8 heteroatoms. The molecule has 1 aliphatic rings. The summed E-state index contributed by atoms with van der Waals surface area (Å²) in [6.45, 7) is 1.96. The number of carbonyl (C=O) groups excluding carboxylic acids is 2. The lowest BCUT2D eigenvalue weighted by Gasteiger charge is -2.15. The van der Waals surface area contributed by atoms with Crippen molar-refractivity contribution in [1.29, 1.82) is 0 Å². The third-order valence-corrected chi connectivity index (χ3v) is 5.52. The van der Waals surface area contributed by atoms with Crippen LogP contribution in [-0.2, 0) is 4.79 Å². The molecule has 1 heterocycles. The van der Waals surface area contributed by atoms with Gasteiger partial charge in [0.15, 0.2) is 0 Å². The summed E-state index contributed by atoms with van der Waals surface area (Å²) < 4.78 is 10.5. The van der Waals surface area contributed by atoms with E-state index in [0.717, 1.165) is 27.9 Å². The average molecular weight is 419 g/mol. The number of hydrogen-bond acceptors (Lipinski definition) is 6. The van der Waals surface area contributed by atoms with Gasteiger partial charge in [-0.1, -0.05) is 17.7 Å². The minimum atomic E-state index is -0.370. The molecule has 0 bridgehead atoms. The molecule has 1 saturated heterocycles. The highest BCUT2D eigenvalue weighted by Crippen LogP contribution is 2.35. The Labute approximate surface area is 172 Å². The fourth-order valence-electron chi connectivity index (χ4n) is 2.60. The number of amides is 2. The number of methoxy groups -OCH3 is 2. The molecule has 0 aromatic heterocycles. The van der Waals surface area contributed by atoms with Gasteiger partial charge >= 0.3 is 0 Å². The van der Waals surface area contributed by atoms with Crippen LogP contribution in [0.4, 0.5) is 10.5 Å². The van der Waals surface area contributed by atoms with E-state index in [1.165, 1.54) is 0 Å². The van der Waals surface area contributed by atoms with E-state index in [2.05, 4.69) is 5.32 Å². The van der Waals surface area contributed by atoms with Crippen molar-refractivity contribution in [3.05, 3.63) is 57.5 Å². The number of thioether (sulfide) groups is 1. The molecule has 0 spiro atoms. The monoisotopic (exact) mass is 418 g/mol. The fourth-order valence-corrected chi connectivity index (χ4v) is 3.61. The maximum atomic E-state index is 12.7. The number of anilines is 1. The van der Waals surface area contributed by atoms with Crippen LogP contribution in [0.3, 0.4) is 0 Å². The third-order valence-electron chi connectivity index (χ3n) is 4.21. The lowest BCUT2D eigenvalue weighted by Crippen LogP contribution is -2.33. The summed E-state index contributed by atoms with van der Waals surface area (Å²) in [4.78, 5) is 26.5. The van der Waals surface area contributed by atoms with E-state index in [4.69, 9.17) is 21.1 Å². The molecule has 0 saturated carbocycles. The highest BCUT2D eigenvalue weighted by Gasteiger charge is 2.35. The number of benzene rings is 2. The Hall–Kier alpha value is -2.64. The molecule has 2 aromatic rings. The third kappa shape index (κ3) is 4.26. The number of nitrogens with one attached hydrogen (secondary N) is 1. The van der Waals surface area contributed by atoms with Gasteiger partial charge in [0.2, 0.25) is 0 Å². The Bertz CT molecular complexity index is 961. The normalized spacial score (nSPS) is 15.3. The van der Waals surface area contributed by atoms with Crippen molar-refractivity contribution in [2.75, 3.05) is 26.2 Å². The van der Waals surface area contributed by atoms with Crippen LogP contribution < -0.4 is 14.8 Å². The van der Waals surface area contributed by atoms with Crippen molar-refractivity contribution in [2.24, 2.45) is 0 Å². The van der Waals surface area contributed by atoms with E-state index in [-0.39, 0.29) is 17.8 Å². The summed E-state index contributed by atoms with van der Waals surface area (Å²) in [5.41, 5.74) is 2.34. The van der Waals surface area contributed by atoms with Crippen LogP contribution in [-0.4, -0.2) is 36.9 Å². The molecule has 2 aromatic carbocycles. The Morgan fingerprint density at radius 3 is 2.61 bits per heavy atom. The lowest BCUT2D eigenvalue weighted by atomic mass is 10.1. The van der Waals surface area contributed by atoms with Gasteiger partial charge in [0.1, 0.15) is 11.5 Å². The number of nitrogens with zero attached hydrogens (tertiary/aromatic N) is 1. The Morgan fingerprint density at radius 2 is 1.93 bits per heavy atom. The van der Waals surface area contributed by atoms with E-state index in [0.29, 0.717) is 27.0 Å². The molecule has 1 N–H and O–H groups in total. The first-order valence-corrected chi connectivity index (χ1v) is 9.60. The van der Waals surface area contributed by atoms with Gasteiger partial charge in [0.05, 0.1) is 25.8 Å². The molecular weight excluding hydrogens is 400 g/mol. The van der Waals surface area contributed by atoms with Crippen molar-refractivity contribution in [1.82, 2.24) is 4.90 Å². The first-order valence-electron chi connectivity index (χ1n) is 8.40. The molecule has 2 amide bonds. The molecule has 3 rings (SSSR count). The SMILES string of the molecule is COc1ccc(OC)c(/C=C2/SC(=O)N(CNc3ccc(C)c(Cl)c3)C2=O)c1. The van der Waals surface area contributed by atoms with Gasteiger partial charge in [-0.15, -0.1) is 0 Å². The Morgan fingerprint density at radius 1 is 1.14 bits per heavy atom. The van der Waals surface area contributed by atoms with Gasteiger partial charge in [0.25, 0.3) is 11.1 Å². The molecule has 146 valence electrons. The topological polar surface area (TPSA) is 67.9 Å². The van der Waals surface area contributed by atoms with E-state index in [1.807, 2.05) is 19.1 Å². The van der Waals surface area contributed by atoms with Gasteiger partial charge < -0.3 is 14.8 Å². The van der Waals surface area contributed by atoms with E-state index in [9.17, 15) is 9.59 Å². The highest BCUT2D eigenvalue weighted by molar-refractivity contribution is 8.18. The molecule has 0 unspecified atom stereocenters. The molecule has 28 heavy (non-hydrogen) atoms. The first-order chi connectivity index (χ1) is 13.4. The summed E-state index contributed by atoms with van der Waals surface area (Å²) in [7, 11) is 3.10. The zero-order chi connectivity index (χ0) is 20.3. The first kappa shape index (κ1) is 20.1. The van der Waals surface area contributed by atoms with Gasteiger partial charge in [-0.2, -0.15) is 0 Å². The summed E-state index contributed by atoms with van der Waals surface area (Å²) in [6, 6.07) is 10.7. The molecule has 0 aliphatic carbocycles. The fraction of sp³-hybridized carbons (Fsp3) is 0.200. The van der Waals surface area contributed by atoms with E-state index >= 15 is 0 Å². The average Bonchev–Trinajstić information content (AvgIpc) is 2.95. The largest absolute Gasteiger partial charge is 0.497 e. The van der Waals surface area contributed by atoms with E-state index < -0.39 is 0 Å². The summed E-state index contributed by atoms with van der Waals surface area (Å²) in [5.74, 6) is 0.842. The lowest BCUT2D eigenvalue weighted by molar-refractivity contribution is -0.122. The minimum Gasteiger partial charge on any atom is -0.497 e. The van der Waals surface area contributed by atoms with Gasteiger partial charge in [0, 0.05) is 16.3 Å². The van der Waals surface area contributed by atoms with Crippen LogP contribution in [0.2, 0.25) is 5.02 Å². The molecule has 6 nitrogen and oxygen atoms in total. The van der Waals surface area contributed by atoms with Crippen molar-refractivity contribution in [2.45, 2.75) is 6.92 Å². The zero-order valence-corrected chi connectivity index (χ0v) is 17.2. The number of aryl methyl sites for hydroxylation is 1. The van der Waals surface area contributed by atoms with Crippen LogP contribution in [0, 0.1) is 6.92 Å². The predicted octanol–water partition coefficient (Wildman–Crippen LogP) is 4.77. The predicted molar refractivity (Wildman–Crippen MR) is 112 cm³/mol. The van der Waals surface area contributed by atoms with Crippen LogP contribution >= 0.6 is 23.4 Å². The van der Waals surface area contributed by atoms with Crippen molar-refractivity contribution in [3.63, 3.8) is 0 Å². The highest BCUT2D eigenvalue weighted by atomic mass is 35.5. The van der Waals surface area contributed by atoms with Crippen molar-refractivity contribution < 1.29 is 19.1 Å². The summed E-state index contributed by atoms with van der Waals surface area (Å²) >= 11 is 7.00. The second-order valence-electron chi connectivity index (χ2n) is 6.02. The van der Waals surface area contributed by atoms with Gasteiger partial charge in [-0.25, -0.2) is 0 Å². The van der Waals surface area contributed by atoms with Crippen LogP contribution in [0.15, 0.2) is 41.3 Å². The maximum absolute atomic E-state index is 12.7. The summed E-state index contributed by atoms with van der Waals surface area (Å²) in [5, 5.41) is 3.33. The minimum absolute atomic E-state index is 0.0522. The molecule has 0 atom stereocenters. The number of imide groups is 1. The maximum Gasteiger partial charge on any atom is 0.295 e. The van der Waals surface area contributed by atoms with Gasteiger partial charge in [-0.3, -0.25) is 14.5 Å². The van der Waals surface area contributed by atoms with Crippen molar-refractivity contribution in [3.8, 4) is 11.5 Å². The molecular formula is C20H19ClN2O4S. The molecule has 0 radical (unpaired) electrons. The Balaban J connectivity index is 1.78. The van der Waals surface area contributed by atoms with E-state index in [1.54, 1.807) is 44.6 Å². The van der Waals surface area contributed by atoms with Crippen molar-refractivity contribution >= 4 is 46.3 Å². The number of hydrogen-bond donors (Lipinski definition) is 1. The van der Waals surface area contributed by atoms with Crippen LogP contribution in [0.5, 0.6) is 11.5 Å². The number of ether oxygens (including phenoxy) is 2. The standard InChI is InChI=1S/C20H19ClN2O4S/c1-12-4-5-14(10-16(12)21)22-11-23-19(24)18(28-20(23)25)9-13-8-15(26-2)6-7-17(13)27-3/h4-10,22H,11H2,1-3H3/b18-9+.